The van der Waals surface area contributed by atoms with Crippen molar-refractivity contribution in [2.45, 2.75) is 13.2 Å². The molecule has 0 aliphatic heterocycles. The largest absolute Gasteiger partial charge is 0.432 e. The zero-order valence-electron chi connectivity index (χ0n) is 11.6. The number of anilines is 2. The van der Waals surface area contributed by atoms with Crippen molar-refractivity contribution in [3.8, 4) is 5.75 Å². The quantitative estimate of drug-likeness (QED) is 0.861. The van der Waals surface area contributed by atoms with E-state index < -0.39 is 18.2 Å². The van der Waals surface area contributed by atoms with Crippen LogP contribution in [0, 0.1) is 5.82 Å². The Hall–Kier alpha value is -2.38. The number of nitrogens with two attached hydrogens (primary N) is 1. The van der Waals surface area contributed by atoms with Gasteiger partial charge in [0, 0.05) is 38.6 Å². The lowest BCUT2D eigenvalue weighted by molar-refractivity contribution is -0.0521. The number of ether oxygens (including phenoxy) is 1. The van der Waals surface area contributed by atoms with Gasteiger partial charge in [0.2, 0.25) is 0 Å². The number of nitrogens with zero attached hydrogens (tertiary/aromatic N) is 3. The maximum Gasteiger partial charge on any atom is 0.387 e. The number of aryl methyl sites for hydroxylation is 1. The zero-order chi connectivity index (χ0) is 15.6. The molecule has 5 nitrogen and oxygen atoms in total. The van der Waals surface area contributed by atoms with Crippen molar-refractivity contribution in [3.05, 3.63) is 36.2 Å². The summed E-state index contributed by atoms with van der Waals surface area (Å²) in [5, 5.41) is 0. The predicted molar refractivity (Wildman–Crippen MR) is 72.8 cm³/mol. The third-order valence-electron chi connectivity index (χ3n) is 3.01. The van der Waals surface area contributed by atoms with Crippen molar-refractivity contribution in [1.29, 1.82) is 0 Å². The molecule has 8 heteroatoms. The molecule has 2 N–H and O–H groups in total. The summed E-state index contributed by atoms with van der Waals surface area (Å²) in [5.41, 5.74) is 6.25. The molecular weight excluding hydrogens is 285 g/mol. The van der Waals surface area contributed by atoms with Gasteiger partial charge in [0.25, 0.3) is 0 Å². The van der Waals surface area contributed by atoms with Gasteiger partial charge in [0.15, 0.2) is 11.6 Å². The van der Waals surface area contributed by atoms with Crippen LogP contribution in [-0.2, 0) is 13.6 Å². The van der Waals surface area contributed by atoms with Crippen LogP contribution >= 0.6 is 0 Å². The van der Waals surface area contributed by atoms with Crippen molar-refractivity contribution >= 4 is 11.4 Å². The molecule has 0 amide bonds. The lowest BCUT2D eigenvalue weighted by Crippen LogP contribution is -2.20. The second-order valence-corrected chi connectivity index (χ2v) is 4.53. The summed E-state index contributed by atoms with van der Waals surface area (Å²) in [6, 6.07) is 2.11. The first kappa shape index (κ1) is 15.0. The van der Waals surface area contributed by atoms with Crippen LogP contribution in [-0.4, -0.2) is 23.2 Å². The maximum absolute atomic E-state index is 13.5. The van der Waals surface area contributed by atoms with E-state index >= 15 is 0 Å². The van der Waals surface area contributed by atoms with Crippen molar-refractivity contribution in [3.63, 3.8) is 0 Å². The lowest BCUT2D eigenvalue weighted by Gasteiger charge is -2.22. The number of halogens is 3. The number of hydrogen-bond donors (Lipinski definition) is 1. The molecule has 0 saturated carbocycles. The molecule has 1 aromatic carbocycles. The molecule has 0 fully saturated rings. The van der Waals surface area contributed by atoms with Gasteiger partial charge in [0.1, 0.15) is 5.82 Å². The van der Waals surface area contributed by atoms with E-state index in [0.717, 1.165) is 18.0 Å². The SMILES string of the molecule is CN(Cc1nccn1C)c1cc(OC(F)F)c(F)cc1N. The lowest BCUT2D eigenvalue weighted by atomic mass is 10.2. The van der Waals surface area contributed by atoms with Gasteiger partial charge in [-0.3, -0.25) is 0 Å². The standard InChI is InChI=1S/C13H15F3N4O/c1-19-4-3-18-12(19)7-20(2)10-6-11(21-13(15)16)8(14)5-9(10)17/h3-6,13H,7,17H2,1-2H3. The Balaban J connectivity index is 2.27. The van der Waals surface area contributed by atoms with E-state index in [4.69, 9.17) is 5.73 Å². The average molecular weight is 300 g/mol. The van der Waals surface area contributed by atoms with Gasteiger partial charge in [-0.15, -0.1) is 0 Å². The fourth-order valence-corrected chi connectivity index (χ4v) is 1.92. The Morgan fingerprint density at radius 2 is 2.14 bits per heavy atom. The molecule has 2 aromatic rings. The summed E-state index contributed by atoms with van der Waals surface area (Å²) in [7, 11) is 3.53. The van der Waals surface area contributed by atoms with Crippen LogP contribution < -0.4 is 15.4 Å². The third kappa shape index (κ3) is 3.39. The summed E-state index contributed by atoms with van der Waals surface area (Å²) in [4.78, 5) is 5.83. The molecule has 0 aliphatic carbocycles. The summed E-state index contributed by atoms with van der Waals surface area (Å²) in [6.45, 7) is -2.72. The molecule has 1 heterocycles. The highest BCUT2D eigenvalue weighted by Crippen LogP contribution is 2.31. The molecular formula is C13H15F3N4O. The van der Waals surface area contributed by atoms with E-state index in [2.05, 4.69) is 9.72 Å². The molecule has 0 unspecified atom stereocenters. The number of nitrogen functional groups attached to an aromatic ring is 1. The van der Waals surface area contributed by atoms with Gasteiger partial charge in [-0.25, -0.2) is 9.37 Å². The topological polar surface area (TPSA) is 56.3 Å². The van der Waals surface area contributed by atoms with Crippen molar-refractivity contribution in [1.82, 2.24) is 9.55 Å². The van der Waals surface area contributed by atoms with E-state index in [9.17, 15) is 13.2 Å². The Morgan fingerprint density at radius 3 is 2.71 bits per heavy atom. The normalized spacial score (nSPS) is 11.0. The van der Waals surface area contributed by atoms with Crippen LogP contribution in [0.15, 0.2) is 24.5 Å². The third-order valence-corrected chi connectivity index (χ3v) is 3.01. The second kappa shape index (κ2) is 5.94. The van der Waals surface area contributed by atoms with Gasteiger partial charge in [-0.1, -0.05) is 0 Å². The van der Waals surface area contributed by atoms with E-state index in [1.165, 1.54) is 0 Å². The molecule has 21 heavy (non-hydrogen) atoms. The minimum Gasteiger partial charge on any atom is -0.432 e. The first-order valence-corrected chi connectivity index (χ1v) is 6.09. The number of alkyl halides is 2. The van der Waals surface area contributed by atoms with Gasteiger partial charge in [0.05, 0.1) is 17.9 Å². The van der Waals surface area contributed by atoms with Crippen molar-refractivity contribution in [2.24, 2.45) is 7.05 Å². The first-order valence-electron chi connectivity index (χ1n) is 6.09. The molecule has 0 aliphatic rings. The Morgan fingerprint density at radius 1 is 1.43 bits per heavy atom. The summed E-state index contributed by atoms with van der Waals surface area (Å²) >= 11 is 0. The molecule has 114 valence electrons. The van der Waals surface area contributed by atoms with E-state index in [1.807, 2.05) is 11.6 Å². The van der Waals surface area contributed by atoms with E-state index in [-0.39, 0.29) is 5.69 Å². The summed E-state index contributed by atoms with van der Waals surface area (Å²) < 4.78 is 44.0. The van der Waals surface area contributed by atoms with Crippen molar-refractivity contribution < 1.29 is 17.9 Å². The minimum absolute atomic E-state index is 0.130. The van der Waals surface area contributed by atoms with Crippen LogP contribution in [0.1, 0.15) is 5.82 Å². The smallest absolute Gasteiger partial charge is 0.387 e. The van der Waals surface area contributed by atoms with Gasteiger partial charge in [-0.2, -0.15) is 8.78 Å². The van der Waals surface area contributed by atoms with Crippen LogP contribution in [0.25, 0.3) is 0 Å². The van der Waals surface area contributed by atoms with E-state index in [0.29, 0.717) is 12.2 Å². The number of rotatable bonds is 5. The molecule has 0 saturated heterocycles. The van der Waals surface area contributed by atoms with Crippen molar-refractivity contribution in [2.75, 3.05) is 17.7 Å². The predicted octanol–water partition coefficient (Wildman–Crippen LogP) is 2.38. The van der Waals surface area contributed by atoms with Gasteiger partial charge < -0.3 is 19.9 Å². The molecule has 0 radical (unpaired) electrons. The van der Waals surface area contributed by atoms with Crippen LogP contribution in [0.4, 0.5) is 24.5 Å². The van der Waals surface area contributed by atoms with Crippen LogP contribution in [0.3, 0.4) is 0 Å². The van der Waals surface area contributed by atoms with Gasteiger partial charge >= 0.3 is 6.61 Å². The van der Waals surface area contributed by atoms with Crippen LogP contribution in [0.2, 0.25) is 0 Å². The first-order chi connectivity index (χ1) is 9.88. The highest BCUT2D eigenvalue weighted by molar-refractivity contribution is 5.69. The molecule has 2 rings (SSSR count). The number of imidazole rings is 1. The second-order valence-electron chi connectivity index (χ2n) is 4.53. The number of aromatic nitrogens is 2. The highest BCUT2D eigenvalue weighted by atomic mass is 19.3. The minimum atomic E-state index is -3.10. The van der Waals surface area contributed by atoms with Gasteiger partial charge in [-0.05, 0) is 0 Å². The number of benzene rings is 1. The Kier molecular flexibility index (Phi) is 4.25. The van der Waals surface area contributed by atoms with Crippen LogP contribution in [0.5, 0.6) is 5.75 Å². The monoisotopic (exact) mass is 300 g/mol. The average Bonchev–Trinajstić information content (AvgIpc) is 2.78. The maximum atomic E-state index is 13.5. The Bertz CT molecular complexity index is 630. The summed E-state index contributed by atoms with van der Waals surface area (Å²) in [5.74, 6) is -0.722. The molecule has 0 atom stereocenters. The summed E-state index contributed by atoms with van der Waals surface area (Å²) in [6.07, 6.45) is 3.42. The Labute approximate surface area is 119 Å². The highest BCUT2D eigenvalue weighted by Gasteiger charge is 2.16. The zero-order valence-corrected chi connectivity index (χ0v) is 11.6. The fraction of sp³-hybridized carbons (Fsp3) is 0.308. The molecule has 0 bridgehead atoms. The number of hydrogen-bond acceptors (Lipinski definition) is 4. The fourth-order valence-electron chi connectivity index (χ4n) is 1.92. The molecule has 0 spiro atoms. The van der Waals surface area contributed by atoms with E-state index in [1.54, 1.807) is 24.3 Å². The molecule has 1 aromatic heterocycles.